The maximum Gasteiger partial charge on any atom is 0.253 e. The summed E-state index contributed by atoms with van der Waals surface area (Å²) in [7, 11) is 0. The van der Waals surface area contributed by atoms with E-state index in [9.17, 15) is 9.59 Å². The van der Waals surface area contributed by atoms with E-state index < -0.39 is 0 Å². The van der Waals surface area contributed by atoms with Gasteiger partial charge in [-0.05, 0) is 55.5 Å². The van der Waals surface area contributed by atoms with Gasteiger partial charge in [-0.1, -0.05) is 12.8 Å². The SMILES string of the molecule is O=C(NCCCCC1CCN(C(=O)c2ccc3c(c2)OCO3)CC1)c1ccc2nccn2c1. The zero-order valence-electron chi connectivity index (χ0n) is 18.5. The number of likely N-dealkylation sites (tertiary alicyclic amines) is 1. The topological polar surface area (TPSA) is 85.2 Å². The highest BCUT2D eigenvalue weighted by atomic mass is 16.7. The Kier molecular flexibility index (Phi) is 6.15. The molecule has 0 unspecified atom stereocenters. The standard InChI is InChI=1S/C25H28N4O4/c30-24(20-5-7-23-26-11-14-29(23)16-20)27-10-2-1-3-18-8-12-28(13-9-18)25(31)19-4-6-21-22(15-19)33-17-32-21/h4-7,11,14-16,18H,1-3,8-10,12-13,17H2,(H,27,30). The number of ether oxygens (including phenoxy) is 2. The van der Waals surface area contributed by atoms with Gasteiger partial charge in [-0.25, -0.2) is 4.98 Å². The molecule has 1 N–H and O–H groups in total. The number of amides is 2. The summed E-state index contributed by atoms with van der Waals surface area (Å²) in [5, 5.41) is 3.01. The third-order valence-corrected chi connectivity index (χ3v) is 6.50. The van der Waals surface area contributed by atoms with E-state index in [1.165, 1.54) is 0 Å². The van der Waals surface area contributed by atoms with E-state index in [1.807, 2.05) is 27.6 Å². The fourth-order valence-electron chi connectivity index (χ4n) is 4.55. The van der Waals surface area contributed by atoms with Gasteiger partial charge in [-0.2, -0.15) is 0 Å². The number of rotatable bonds is 7. The van der Waals surface area contributed by atoms with Crippen LogP contribution in [0.4, 0.5) is 0 Å². The number of fused-ring (bicyclic) bond motifs is 2. The highest BCUT2D eigenvalue weighted by Gasteiger charge is 2.25. The Morgan fingerprint density at radius 2 is 1.85 bits per heavy atom. The van der Waals surface area contributed by atoms with E-state index in [4.69, 9.17) is 9.47 Å². The summed E-state index contributed by atoms with van der Waals surface area (Å²) in [6, 6.07) is 9.04. The first kappa shape index (κ1) is 21.3. The molecule has 0 spiro atoms. The molecule has 0 saturated carbocycles. The third kappa shape index (κ3) is 4.79. The maximum absolute atomic E-state index is 12.8. The molecule has 3 aromatic rings. The highest BCUT2D eigenvalue weighted by Crippen LogP contribution is 2.33. The average Bonchev–Trinajstić information content (AvgIpc) is 3.52. The number of nitrogens with zero attached hydrogens (tertiary/aromatic N) is 3. The monoisotopic (exact) mass is 448 g/mol. The molecule has 4 heterocycles. The number of pyridine rings is 1. The summed E-state index contributed by atoms with van der Waals surface area (Å²) in [5.74, 6) is 1.97. The Morgan fingerprint density at radius 1 is 1.03 bits per heavy atom. The van der Waals surface area contributed by atoms with Crippen molar-refractivity contribution in [3.63, 3.8) is 0 Å². The first-order valence-electron chi connectivity index (χ1n) is 11.6. The van der Waals surface area contributed by atoms with Crippen LogP contribution in [0.15, 0.2) is 48.9 Å². The lowest BCUT2D eigenvalue weighted by Gasteiger charge is -2.32. The molecule has 0 radical (unpaired) electrons. The van der Waals surface area contributed by atoms with Crippen molar-refractivity contribution in [2.45, 2.75) is 32.1 Å². The van der Waals surface area contributed by atoms with Crippen LogP contribution >= 0.6 is 0 Å². The van der Waals surface area contributed by atoms with Crippen LogP contribution in [0, 0.1) is 5.92 Å². The van der Waals surface area contributed by atoms with E-state index in [-0.39, 0.29) is 18.6 Å². The second-order valence-electron chi connectivity index (χ2n) is 8.67. The summed E-state index contributed by atoms with van der Waals surface area (Å²) in [6.45, 7) is 2.45. The number of imidazole rings is 1. The smallest absolute Gasteiger partial charge is 0.253 e. The van der Waals surface area contributed by atoms with Gasteiger partial charge in [0.1, 0.15) is 5.65 Å². The number of unbranched alkanes of at least 4 members (excludes halogenated alkanes) is 1. The van der Waals surface area contributed by atoms with Crippen LogP contribution in [0.1, 0.15) is 52.8 Å². The van der Waals surface area contributed by atoms with Crippen molar-refractivity contribution in [1.29, 1.82) is 0 Å². The molecule has 1 saturated heterocycles. The quantitative estimate of drug-likeness (QED) is 0.559. The van der Waals surface area contributed by atoms with Crippen molar-refractivity contribution in [3.8, 4) is 11.5 Å². The first-order chi connectivity index (χ1) is 16.2. The Hall–Kier alpha value is -3.55. The summed E-state index contributed by atoms with van der Waals surface area (Å²) in [6.07, 6.45) is 10.5. The summed E-state index contributed by atoms with van der Waals surface area (Å²) >= 11 is 0. The van der Waals surface area contributed by atoms with Gasteiger partial charge in [0.2, 0.25) is 6.79 Å². The molecule has 1 fully saturated rings. The Labute approximate surface area is 192 Å². The van der Waals surface area contributed by atoms with E-state index in [0.717, 1.165) is 50.8 Å². The molecule has 0 bridgehead atoms. The van der Waals surface area contributed by atoms with Gasteiger partial charge in [-0.15, -0.1) is 0 Å². The van der Waals surface area contributed by atoms with Gasteiger partial charge in [0, 0.05) is 43.8 Å². The lowest BCUT2D eigenvalue weighted by Crippen LogP contribution is -2.38. The van der Waals surface area contributed by atoms with Crippen molar-refractivity contribution in [1.82, 2.24) is 19.6 Å². The van der Waals surface area contributed by atoms with E-state index in [1.54, 1.807) is 30.6 Å². The predicted molar refractivity (Wildman–Crippen MR) is 123 cm³/mol. The molecule has 5 rings (SSSR count). The number of aromatic nitrogens is 2. The maximum atomic E-state index is 12.8. The van der Waals surface area contributed by atoms with Crippen molar-refractivity contribution in [2.75, 3.05) is 26.4 Å². The molecule has 2 amide bonds. The minimum absolute atomic E-state index is 0.0547. The fraction of sp³-hybridized carbons (Fsp3) is 0.400. The molecule has 1 aromatic carbocycles. The molecule has 2 aliphatic heterocycles. The predicted octanol–water partition coefficient (Wildman–Crippen LogP) is 3.52. The highest BCUT2D eigenvalue weighted by molar-refractivity contribution is 5.95. The van der Waals surface area contributed by atoms with Crippen molar-refractivity contribution in [2.24, 2.45) is 5.92 Å². The Bertz CT molecular complexity index is 1150. The summed E-state index contributed by atoms with van der Waals surface area (Å²) in [5.41, 5.74) is 2.12. The van der Waals surface area contributed by atoms with Crippen molar-refractivity contribution < 1.29 is 19.1 Å². The molecular weight excluding hydrogens is 420 g/mol. The summed E-state index contributed by atoms with van der Waals surface area (Å²) in [4.78, 5) is 31.3. The largest absolute Gasteiger partial charge is 0.454 e. The van der Waals surface area contributed by atoms with Crippen LogP contribution in [0.25, 0.3) is 5.65 Å². The molecule has 172 valence electrons. The normalized spacial score (nSPS) is 15.7. The lowest BCUT2D eigenvalue weighted by molar-refractivity contribution is 0.0685. The number of hydrogen-bond acceptors (Lipinski definition) is 5. The van der Waals surface area contributed by atoms with Gasteiger partial charge >= 0.3 is 0 Å². The summed E-state index contributed by atoms with van der Waals surface area (Å²) < 4.78 is 12.6. The van der Waals surface area contributed by atoms with Gasteiger partial charge in [-0.3, -0.25) is 9.59 Å². The van der Waals surface area contributed by atoms with E-state index in [2.05, 4.69) is 10.3 Å². The van der Waals surface area contributed by atoms with E-state index in [0.29, 0.717) is 35.1 Å². The molecule has 2 aliphatic rings. The van der Waals surface area contributed by atoms with Crippen LogP contribution in [0.3, 0.4) is 0 Å². The van der Waals surface area contributed by atoms with Crippen LogP contribution in [0.2, 0.25) is 0 Å². The Morgan fingerprint density at radius 3 is 2.73 bits per heavy atom. The molecule has 33 heavy (non-hydrogen) atoms. The molecule has 0 aliphatic carbocycles. The van der Waals surface area contributed by atoms with Crippen LogP contribution in [0.5, 0.6) is 11.5 Å². The zero-order chi connectivity index (χ0) is 22.6. The first-order valence-corrected chi connectivity index (χ1v) is 11.6. The number of nitrogens with one attached hydrogen (secondary N) is 1. The van der Waals surface area contributed by atoms with Crippen LogP contribution in [-0.2, 0) is 0 Å². The number of carbonyl (C=O) groups is 2. The second kappa shape index (κ2) is 9.52. The number of hydrogen-bond donors (Lipinski definition) is 1. The van der Waals surface area contributed by atoms with Gasteiger partial charge in [0.05, 0.1) is 5.56 Å². The second-order valence-corrected chi connectivity index (χ2v) is 8.67. The van der Waals surface area contributed by atoms with Crippen molar-refractivity contribution in [3.05, 3.63) is 60.0 Å². The third-order valence-electron chi connectivity index (χ3n) is 6.50. The molecule has 8 nitrogen and oxygen atoms in total. The minimum Gasteiger partial charge on any atom is -0.454 e. The number of carbonyl (C=O) groups excluding carboxylic acids is 2. The van der Waals surface area contributed by atoms with Crippen LogP contribution < -0.4 is 14.8 Å². The Balaban J connectivity index is 1.00. The zero-order valence-corrected chi connectivity index (χ0v) is 18.5. The fourth-order valence-corrected chi connectivity index (χ4v) is 4.55. The van der Waals surface area contributed by atoms with Gasteiger partial charge in [0.15, 0.2) is 11.5 Å². The number of benzene rings is 1. The average molecular weight is 449 g/mol. The molecule has 0 atom stereocenters. The van der Waals surface area contributed by atoms with Gasteiger partial charge in [0.25, 0.3) is 11.8 Å². The van der Waals surface area contributed by atoms with E-state index >= 15 is 0 Å². The lowest BCUT2D eigenvalue weighted by atomic mass is 9.91. The number of piperidine rings is 1. The molecule has 2 aromatic heterocycles. The minimum atomic E-state index is -0.0547. The molecule has 8 heteroatoms. The van der Waals surface area contributed by atoms with Crippen LogP contribution in [-0.4, -0.2) is 52.5 Å². The molecular formula is C25H28N4O4. The van der Waals surface area contributed by atoms with Gasteiger partial charge < -0.3 is 24.1 Å². The van der Waals surface area contributed by atoms with Crippen molar-refractivity contribution >= 4 is 17.5 Å².